The van der Waals surface area contributed by atoms with Crippen LogP contribution in [0.4, 0.5) is 0 Å². The van der Waals surface area contributed by atoms with Crippen LogP contribution in [-0.4, -0.2) is 32.8 Å². The van der Waals surface area contributed by atoms with Crippen LogP contribution in [0.25, 0.3) is 0 Å². The number of aliphatic carboxylic acids is 1. The van der Waals surface area contributed by atoms with Gasteiger partial charge in [-0.1, -0.05) is 44.0 Å². The van der Waals surface area contributed by atoms with E-state index >= 15 is 0 Å². The summed E-state index contributed by atoms with van der Waals surface area (Å²) in [7, 11) is 0. The third-order valence-corrected chi connectivity index (χ3v) is 3.29. The molecule has 0 atom stereocenters. The highest BCUT2D eigenvalue weighted by molar-refractivity contribution is 8.15. The van der Waals surface area contributed by atoms with Gasteiger partial charge < -0.3 is 5.11 Å². The van der Waals surface area contributed by atoms with E-state index in [1.165, 1.54) is 0 Å². The van der Waals surface area contributed by atoms with Crippen LogP contribution in [0.15, 0.2) is 12.2 Å². The molecule has 0 amide bonds. The van der Waals surface area contributed by atoms with E-state index in [4.69, 9.17) is 5.11 Å². The molecule has 0 aromatic heterocycles. The molecule has 6 heteroatoms. The Morgan fingerprint density at radius 2 is 1.50 bits per heavy atom. The number of hydrogen-bond donors (Lipinski definition) is 1. The summed E-state index contributed by atoms with van der Waals surface area (Å²) in [5.74, 6) is -1.52. The van der Waals surface area contributed by atoms with E-state index in [-0.39, 0.29) is 5.57 Å². The number of carbonyl (C=O) groups is 3. The van der Waals surface area contributed by atoms with Gasteiger partial charge in [0.05, 0.1) is 0 Å². The summed E-state index contributed by atoms with van der Waals surface area (Å²) in [6.45, 7) is 6.82. The topological polar surface area (TPSA) is 71.4 Å². The van der Waals surface area contributed by atoms with Gasteiger partial charge in [-0.3, -0.25) is 9.59 Å². The Balaban J connectivity index is 4.89. The Bertz CT molecular complexity index is 294. The molecule has 0 aromatic rings. The molecule has 0 fully saturated rings. The zero-order valence-electron chi connectivity index (χ0n) is 9.19. The van der Waals surface area contributed by atoms with E-state index in [1.54, 1.807) is 13.8 Å². The lowest BCUT2D eigenvalue weighted by Crippen LogP contribution is -2.25. The van der Waals surface area contributed by atoms with Gasteiger partial charge in [0.25, 0.3) is 0 Å². The molecule has 16 heavy (non-hydrogen) atoms. The monoisotopic (exact) mass is 262 g/mol. The van der Waals surface area contributed by atoms with Crippen molar-refractivity contribution in [1.29, 1.82) is 0 Å². The normalized spacial score (nSPS) is 10.2. The molecular formula is C10H14O4S2. The molecule has 0 saturated carbocycles. The van der Waals surface area contributed by atoms with Crippen molar-refractivity contribution >= 4 is 39.7 Å². The average Bonchev–Trinajstić information content (AvgIpc) is 2.18. The lowest BCUT2D eigenvalue weighted by Gasteiger charge is -2.12. The van der Waals surface area contributed by atoms with Crippen molar-refractivity contribution in [3.05, 3.63) is 12.2 Å². The minimum absolute atomic E-state index is 0.350. The highest BCUT2D eigenvalue weighted by Gasteiger charge is 2.32. The summed E-state index contributed by atoms with van der Waals surface area (Å²) in [4.78, 5) is 34.0. The third-order valence-electron chi connectivity index (χ3n) is 1.67. The highest BCUT2D eigenvalue weighted by Crippen LogP contribution is 2.24. The number of carbonyl (C=O) groups excluding carboxylic acids is 2. The molecule has 0 aliphatic carbocycles. The zero-order chi connectivity index (χ0) is 12.7. The zero-order valence-corrected chi connectivity index (χ0v) is 10.8. The Morgan fingerprint density at radius 1 is 1.12 bits per heavy atom. The van der Waals surface area contributed by atoms with Crippen molar-refractivity contribution in [3.8, 4) is 0 Å². The van der Waals surface area contributed by atoms with Gasteiger partial charge in [-0.2, -0.15) is 0 Å². The summed E-state index contributed by atoms with van der Waals surface area (Å²) in [5, 5.41) is 7.88. The van der Waals surface area contributed by atoms with Gasteiger partial charge in [-0.15, -0.1) is 0 Å². The number of rotatable bonds is 6. The van der Waals surface area contributed by atoms with Crippen LogP contribution >= 0.6 is 23.5 Å². The third kappa shape index (κ3) is 4.40. The van der Waals surface area contributed by atoms with Crippen LogP contribution in [0.3, 0.4) is 0 Å². The molecule has 0 saturated heterocycles. The first-order chi connectivity index (χ1) is 7.45. The lowest BCUT2D eigenvalue weighted by atomic mass is 10.0. The number of thioether (sulfide) groups is 2. The van der Waals surface area contributed by atoms with Gasteiger partial charge in [0, 0.05) is 5.57 Å². The number of carboxylic acid groups (broad SMARTS) is 1. The summed E-state index contributed by atoms with van der Waals surface area (Å²) in [5.41, 5.74) is -0.350. The SMILES string of the molecule is C=C(C(=O)O)C(C(=O)SCC)C(=O)SCC. The van der Waals surface area contributed by atoms with Crippen LogP contribution in [0, 0.1) is 5.92 Å². The first-order valence-corrected chi connectivity index (χ1v) is 6.68. The molecule has 4 nitrogen and oxygen atoms in total. The van der Waals surface area contributed by atoms with Gasteiger partial charge in [-0.05, 0) is 11.5 Å². The molecule has 0 aliphatic heterocycles. The molecule has 90 valence electrons. The Labute approximate surface area is 103 Å². The minimum atomic E-state index is -1.31. The second-order valence-corrected chi connectivity index (χ2v) is 5.30. The molecule has 0 unspecified atom stereocenters. The fourth-order valence-corrected chi connectivity index (χ4v) is 2.43. The van der Waals surface area contributed by atoms with Gasteiger partial charge in [-0.25, -0.2) is 4.79 Å². The number of carboxylic acids is 1. The van der Waals surface area contributed by atoms with E-state index in [0.29, 0.717) is 11.5 Å². The summed E-state index contributed by atoms with van der Waals surface area (Å²) >= 11 is 1.88. The summed E-state index contributed by atoms with van der Waals surface area (Å²) < 4.78 is 0. The van der Waals surface area contributed by atoms with E-state index in [0.717, 1.165) is 23.5 Å². The Morgan fingerprint density at radius 3 is 1.75 bits per heavy atom. The maximum Gasteiger partial charge on any atom is 0.332 e. The van der Waals surface area contributed by atoms with Gasteiger partial charge in [0.2, 0.25) is 10.2 Å². The van der Waals surface area contributed by atoms with E-state index in [1.807, 2.05) is 0 Å². The molecule has 0 aliphatic rings. The largest absolute Gasteiger partial charge is 0.478 e. The van der Waals surface area contributed by atoms with Crippen molar-refractivity contribution in [2.75, 3.05) is 11.5 Å². The van der Waals surface area contributed by atoms with Crippen LogP contribution in [-0.2, 0) is 14.4 Å². The van der Waals surface area contributed by atoms with E-state index in [2.05, 4.69) is 6.58 Å². The van der Waals surface area contributed by atoms with Gasteiger partial charge >= 0.3 is 5.97 Å². The van der Waals surface area contributed by atoms with Gasteiger partial charge in [0.15, 0.2) is 0 Å². The van der Waals surface area contributed by atoms with Crippen LogP contribution in [0.2, 0.25) is 0 Å². The maximum atomic E-state index is 11.6. The molecule has 0 spiro atoms. The van der Waals surface area contributed by atoms with Crippen molar-refractivity contribution in [1.82, 2.24) is 0 Å². The van der Waals surface area contributed by atoms with E-state index in [9.17, 15) is 14.4 Å². The van der Waals surface area contributed by atoms with Crippen LogP contribution in [0.1, 0.15) is 13.8 Å². The maximum absolute atomic E-state index is 11.6. The molecule has 0 aromatic carbocycles. The minimum Gasteiger partial charge on any atom is -0.478 e. The number of hydrogen-bond acceptors (Lipinski definition) is 5. The first kappa shape index (κ1) is 15.2. The lowest BCUT2D eigenvalue weighted by molar-refractivity contribution is -0.135. The van der Waals surface area contributed by atoms with Crippen molar-refractivity contribution in [3.63, 3.8) is 0 Å². The predicted octanol–water partition coefficient (Wildman–Crippen LogP) is 1.80. The molecular weight excluding hydrogens is 248 g/mol. The smallest absolute Gasteiger partial charge is 0.332 e. The summed E-state index contributed by atoms with van der Waals surface area (Å²) in [6, 6.07) is 0. The summed E-state index contributed by atoms with van der Waals surface area (Å²) in [6.07, 6.45) is 0. The fraction of sp³-hybridized carbons (Fsp3) is 0.500. The standard InChI is InChI=1S/C10H14O4S2/c1-4-15-9(13)7(6(3)8(11)12)10(14)16-5-2/h7H,3-5H2,1-2H3,(H,11,12). The molecule has 1 N–H and O–H groups in total. The van der Waals surface area contributed by atoms with Crippen LogP contribution in [0.5, 0.6) is 0 Å². The highest BCUT2D eigenvalue weighted by atomic mass is 32.2. The molecule has 0 rings (SSSR count). The Hall–Kier alpha value is -0.750. The van der Waals surface area contributed by atoms with Crippen molar-refractivity contribution < 1.29 is 19.5 Å². The quantitative estimate of drug-likeness (QED) is 0.581. The van der Waals surface area contributed by atoms with Gasteiger partial charge in [0.1, 0.15) is 5.92 Å². The molecule has 0 heterocycles. The average molecular weight is 262 g/mol. The van der Waals surface area contributed by atoms with Crippen LogP contribution < -0.4 is 0 Å². The van der Waals surface area contributed by atoms with Crippen molar-refractivity contribution in [2.45, 2.75) is 13.8 Å². The molecule has 0 bridgehead atoms. The molecule has 0 radical (unpaired) electrons. The first-order valence-electron chi connectivity index (χ1n) is 4.71. The van der Waals surface area contributed by atoms with E-state index < -0.39 is 22.1 Å². The second-order valence-electron chi connectivity index (χ2n) is 2.77. The van der Waals surface area contributed by atoms with Crippen molar-refractivity contribution in [2.24, 2.45) is 5.92 Å². The predicted molar refractivity (Wildman–Crippen MR) is 66.5 cm³/mol. The fourth-order valence-electron chi connectivity index (χ4n) is 0.955. The second kappa shape index (κ2) is 7.51. The Kier molecular flexibility index (Phi) is 7.16.